The molecule has 4 rings (SSSR count). The molecule has 2 aromatic heterocycles. The molecule has 0 saturated carbocycles. The number of aromatic amines is 1. The third-order valence-electron chi connectivity index (χ3n) is 5.52. The molecule has 0 aliphatic carbocycles. The Morgan fingerprint density at radius 2 is 2.12 bits per heavy atom. The van der Waals surface area contributed by atoms with Gasteiger partial charge in [-0.25, -0.2) is 0 Å². The van der Waals surface area contributed by atoms with Crippen molar-refractivity contribution in [3.8, 4) is 0 Å². The smallest absolute Gasteiger partial charge is 0.276 e. The van der Waals surface area contributed by atoms with Crippen LogP contribution < -0.4 is 11.1 Å². The number of carbonyl (C=O) groups excluding carboxylic acids is 1. The summed E-state index contributed by atoms with van der Waals surface area (Å²) in [5.74, 6) is -0.292. The number of rotatable bonds is 7. The number of allylic oxidation sites excluding steroid dienone is 2. The molecule has 164 valence electrons. The Bertz CT molecular complexity index is 1180. The summed E-state index contributed by atoms with van der Waals surface area (Å²) in [7, 11) is 0. The number of nitrogens with two attached hydrogens (primary N) is 1. The molecule has 0 atom stereocenters. The number of hydrogen-bond donors (Lipinski definition) is 3. The van der Waals surface area contributed by atoms with Gasteiger partial charge in [0.05, 0.1) is 28.8 Å². The highest BCUT2D eigenvalue weighted by molar-refractivity contribution is 6.11. The van der Waals surface area contributed by atoms with Crippen LogP contribution in [0.15, 0.2) is 59.5 Å². The molecule has 0 radical (unpaired) electrons. The first kappa shape index (κ1) is 21.5. The lowest BCUT2D eigenvalue weighted by Crippen LogP contribution is -2.19. The molecule has 0 unspecified atom stereocenters. The maximum atomic E-state index is 12.9. The third kappa shape index (κ3) is 4.92. The summed E-state index contributed by atoms with van der Waals surface area (Å²) < 4.78 is 0. The van der Waals surface area contributed by atoms with Gasteiger partial charge in [0.2, 0.25) is 0 Å². The first-order valence-electron chi connectivity index (χ1n) is 10.6. The molecule has 1 fully saturated rings. The third-order valence-corrected chi connectivity index (χ3v) is 5.52. The number of nitrogens with zero attached hydrogens (tertiary/aromatic N) is 4. The van der Waals surface area contributed by atoms with Gasteiger partial charge in [-0.15, -0.1) is 0 Å². The summed E-state index contributed by atoms with van der Waals surface area (Å²) in [6.07, 6.45) is 7.49. The van der Waals surface area contributed by atoms with Crippen molar-refractivity contribution in [3.63, 3.8) is 0 Å². The molecule has 1 aliphatic rings. The van der Waals surface area contributed by atoms with Gasteiger partial charge in [-0.1, -0.05) is 6.07 Å². The van der Waals surface area contributed by atoms with E-state index >= 15 is 0 Å². The van der Waals surface area contributed by atoms with Crippen LogP contribution in [0.25, 0.3) is 16.5 Å². The predicted octanol–water partition coefficient (Wildman–Crippen LogP) is 3.71. The maximum Gasteiger partial charge on any atom is 0.276 e. The Labute approximate surface area is 186 Å². The van der Waals surface area contributed by atoms with E-state index < -0.39 is 0 Å². The van der Waals surface area contributed by atoms with Crippen LogP contribution >= 0.6 is 0 Å². The van der Waals surface area contributed by atoms with Crippen LogP contribution in [-0.2, 0) is 6.54 Å². The molecule has 8 nitrogen and oxygen atoms in total. The summed E-state index contributed by atoms with van der Waals surface area (Å²) in [5.41, 5.74) is 11.0. The summed E-state index contributed by atoms with van der Waals surface area (Å²) in [6, 6.07) is 9.61. The van der Waals surface area contributed by atoms with Crippen molar-refractivity contribution < 1.29 is 4.79 Å². The number of likely N-dealkylation sites (tertiary alicyclic amines) is 1. The number of hydrogen-bond acceptors (Lipinski definition) is 6. The van der Waals surface area contributed by atoms with E-state index in [4.69, 9.17) is 5.73 Å². The minimum atomic E-state index is -0.292. The molecule has 4 N–H and O–H groups in total. The Morgan fingerprint density at radius 1 is 1.31 bits per heavy atom. The molecule has 3 heterocycles. The van der Waals surface area contributed by atoms with E-state index in [9.17, 15) is 4.79 Å². The van der Waals surface area contributed by atoms with Gasteiger partial charge >= 0.3 is 0 Å². The predicted molar refractivity (Wildman–Crippen MR) is 128 cm³/mol. The maximum absolute atomic E-state index is 12.9. The zero-order chi connectivity index (χ0) is 22.5. The fourth-order valence-corrected chi connectivity index (χ4v) is 3.86. The second-order valence-electron chi connectivity index (χ2n) is 7.95. The zero-order valence-corrected chi connectivity index (χ0v) is 18.1. The molecule has 1 aliphatic heterocycles. The molecule has 0 spiro atoms. The van der Waals surface area contributed by atoms with Crippen molar-refractivity contribution in [1.82, 2.24) is 20.1 Å². The normalized spacial score (nSPS) is 15.3. The summed E-state index contributed by atoms with van der Waals surface area (Å²) in [4.78, 5) is 23.5. The molecular weight excluding hydrogens is 402 g/mol. The number of nitrogens with one attached hydrogen (secondary N) is 2. The molecular formula is C24H27N7O. The van der Waals surface area contributed by atoms with Gasteiger partial charge in [-0.05, 0) is 81.1 Å². The number of H-pyrrole nitrogens is 1. The van der Waals surface area contributed by atoms with Crippen LogP contribution in [0.3, 0.4) is 0 Å². The van der Waals surface area contributed by atoms with Gasteiger partial charge < -0.3 is 11.1 Å². The van der Waals surface area contributed by atoms with E-state index in [0.29, 0.717) is 17.1 Å². The van der Waals surface area contributed by atoms with Crippen molar-refractivity contribution >= 4 is 34.8 Å². The molecule has 8 heteroatoms. The van der Waals surface area contributed by atoms with Gasteiger partial charge in [0.25, 0.3) is 5.91 Å². The molecule has 1 saturated heterocycles. The lowest BCUT2D eigenvalue weighted by atomic mass is 10.0. The van der Waals surface area contributed by atoms with E-state index in [2.05, 4.69) is 37.1 Å². The lowest BCUT2D eigenvalue weighted by molar-refractivity contribution is 0.102. The second kappa shape index (κ2) is 9.57. The van der Waals surface area contributed by atoms with Crippen molar-refractivity contribution in [3.05, 3.63) is 71.5 Å². The monoisotopic (exact) mass is 429 g/mol. The summed E-state index contributed by atoms with van der Waals surface area (Å²) in [6.45, 7) is 8.44. The fourth-order valence-electron chi connectivity index (χ4n) is 3.86. The van der Waals surface area contributed by atoms with Crippen LogP contribution in [0.1, 0.15) is 41.5 Å². The Kier molecular flexibility index (Phi) is 6.42. The molecule has 32 heavy (non-hydrogen) atoms. The highest BCUT2D eigenvalue weighted by Gasteiger charge is 2.16. The first-order chi connectivity index (χ1) is 15.5. The van der Waals surface area contributed by atoms with Crippen LogP contribution in [0.4, 0.5) is 5.69 Å². The van der Waals surface area contributed by atoms with Crippen molar-refractivity contribution in [2.45, 2.75) is 26.3 Å². The quantitative estimate of drug-likeness (QED) is 0.391. The van der Waals surface area contributed by atoms with Crippen molar-refractivity contribution in [2.75, 3.05) is 18.4 Å². The number of fused-ring (bicyclic) bond motifs is 1. The number of anilines is 1. The molecule has 0 bridgehead atoms. The van der Waals surface area contributed by atoms with Gasteiger partial charge in [0.15, 0.2) is 5.69 Å². The number of aliphatic imine (C=N–C) groups is 1. The average Bonchev–Trinajstić information content (AvgIpc) is 3.44. The minimum absolute atomic E-state index is 0.292. The number of amides is 1. The van der Waals surface area contributed by atoms with Gasteiger partial charge in [0, 0.05) is 18.1 Å². The Morgan fingerprint density at radius 3 is 2.84 bits per heavy atom. The van der Waals surface area contributed by atoms with Gasteiger partial charge in [-0.3, -0.25) is 24.8 Å². The fraction of sp³-hybridized carbons (Fsp3) is 0.250. The summed E-state index contributed by atoms with van der Waals surface area (Å²) in [5, 5.41) is 10.8. The SMILES string of the molecule is C=N/C=C(N)\C=C(/C)c1ccc2[nH]nc(C(=O)Nc3ccc(CN4CCCC4)nc3)c2c1. The Hall–Kier alpha value is -3.78. The van der Waals surface area contributed by atoms with Gasteiger partial charge in [0.1, 0.15) is 0 Å². The highest BCUT2D eigenvalue weighted by Crippen LogP contribution is 2.24. The highest BCUT2D eigenvalue weighted by atomic mass is 16.1. The minimum Gasteiger partial charge on any atom is -0.397 e. The number of carbonyl (C=O) groups is 1. The molecule has 3 aromatic rings. The van der Waals surface area contributed by atoms with E-state index in [1.165, 1.54) is 19.0 Å². The average molecular weight is 430 g/mol. The molecule has 1 amide bonds. The zero-order valence-electron chi connectivity index (χ0n) is 18.1. The number of aromatic nitrogens is 3. The molecule has 1 aromatic carbocycles. The lowest BCUT2D eigenvalue weighted by Gasteiger charge is -2.13. The van der Waals surface area contributed by atoms with Crippen LogP contribution in [0.5, 0.6) is 0 Å². The van der Waals surface area contributed by atoms with Gasteiger partial charge in [-0.2, -0.15) is 5.10 Å². The van der Waals surface area contributed by atoms with Crippen molar-refractivity contribution in [2.24, 2.45) is 10.7 Å². The number of benzene rings is 1. The summed E-state index contributed by atoms with van der Waals surface area (Å²) >= 11 is 0. The van der Waals surface area contributed by atoms with E-state index in [1.807, 2.05) is 43.3 Å². The van der Waals surface area contributed by atoms with Crippen LogP contribution in [-0.4, -0.2) is 45.8 Å². The topological polar surface area (TPSA) is 112 Å². The first-order valence-corrected chi connectivity index (χ1v) is 10.6. The van der Waals surface area contributed by atoms with Crippen molar-refractivity contribution in [1.29, 1.82) is 0 Å². The second-order valence-corrected chi connectivity index (χ2v) is 7.95. The van der Waals surface area contributed by atoms with E-state index in [1.54, 1.807) is 6.20 Å². The largest absolute Gasteiger partial charge is 0.397 e. The Balaban J connectivity index is 1.50. The standard InChI is InChI=1S/C24H27N7O/c1-16(11-18(25)13-26-2)17-5-8-22-21(12-17)23(30-29-22)24(32)28-19-6-7-20(27-14-19)15-31-9-3-4-10-31/h5-8,11-14H,2-4,9-10,15,25H2,1H3,(H,28,32)(H,29,30)/b16-11+,18-13+. The van der Waals surface area contributed by atoms with E-state index in [0.717, 1.165) is 47.4 Å². The van der Waals surface area contributed by atoms with E-state index in [-0.39, 0.29) is 5.91 Å². The number of pyridine rings is 1. The van der Waals surface area contributed by atoms with Crippen LogP contribution in [0.2, 0.25) is 0 Å². The van der Waals surface area contributed by atoms with Crippen LogP contribution in [0, 0.1) is 0 Å².